The van der Waals surface area contributed by atoms with Crippen molar-refractivity contribution in [1.29, 1.82) is 0 Å². The number of likely N-dealkylation sites (N-methyl/N-ethyl adjacent to an activating group) is 1. The van der Waals surface area contributed by atoms with Gasteiger partial charge in [0.15, 0.2) is 0 Å². The van der Waals surface area contributed by atoms with Crippen molar-refractivity contribution in [1.82, 2.24) is 10.2 Å². The van der Waals surface area contributed by atoms with Gasteiger partial charge in [-0.3, -0.25) is 13.9 Å². The molecule has 1 N–H and O–H groups in total. The van der Waals surface area contributed by atoms with Crippen LogP contribution in [0.5, 0.6) is 0 Å². The van der Waals surface area contributed by atoms with Crippen molar-refractivity contribution in [3.63, 3.8) is 0 Å². The number of hydrogen-bond acceptors (Lipinski definition) is 4. The van der Waals surface area contributed by atoms with Gasteiger partial charge in [-0.05, 0) is 61.7 Å². The first-order valence-corrected chi connectivity index (χ1v) is 14.3. The number of aryl methyl sites for hydroxylation is 2. The summed E-state index contributed by atoms with van der Waals surface area (Å²) >= 11 is 12.6. The smallest absolute Gasteiger partial charge is 0.264 e. The summed E-state index contributed by atoms with van der Waals surface area (Å²) in [5.41, 5.74) is 2.74. The molecule has 38 heavy (non-hydrogen) atoms. The minimum atomic E-state index is -4.24. The van der Waals surface area contributed by atoms with Gasteiger partial charge in [-0.25, -0.2) is 8.42 Å². The molecule has 0 spiro atoms. The van der Waals surface area contributed by atoms with E-state index in [-0.39, 0.29) is 33.1 Å². The van der Waals surface area contributed by atoms with E-state index in [9.17, 15) is 18.0 Å². The topological polar surface area (TPSA) is 86.8 Å². The van der Waals surface area contributed by atoms with Crippen LogP contribution >= 0.6 is 23.2 Å². The SMILES string of the molecule is CC[C@H](C(=O)NC)N(Cc1ccccc1C)C(=O)CN(c1cc(Cl)ccc1Cl)S(=O)(=O)c1ccc(C)cc1. The van der Waals surface area contributed by atoms with Gasteiger partial charge in [0, 0.05) is 18.6 Å². The summed E-state index contributed by atoms with van der Waals surface area (Å²) in [5.74, 6) is -0.904. The highest BCUT2D eigenvalue weighted by molar-refractivity contribution is 7.92. The number of carbonyl (C=O) groups excluding carboxylic acids is 2. The normalized spacial score (nSPS) is 12.1. The summed E-state index contributed by atoms with van der Waals surface area (Å²) in [4.78, 5) is 28.2. The molecule has 0 unspecified atom stereocenters. The molecule has 7 nitrogen and oxygen atoms in total. The first-order valence-electron chi connectivity index (χ1n) is 12.1. The second-order valence-electron chi connectivity index (χ2n) is 8.91. The van der Waals surface area contributed by atoms with Crippen LogP contribution in [-0.2, 0) is 26.2 Å². The van der Waals surface area contributed by atoms with E-state index in [0.29, 0.717) is 6.42 Å². The third-order valence-electron chi connectivity index (χ3n) is 6.30. The maximum absolute atomic E-state index is 14.0. The van der Waals surface area contributed by atoms with Gasteiger partial charge in [-0.1, -0.05) is 72.1 Å². The summed E-state index contributed by atoms with van der Waals surface area (Å²) in [6, 6.07) is 17.4. The van der Waals surface area contributed by atoms with E-state index in [4.69, 9.17) is 23.2 Å². The van der Waals surface area contributed by atoms with Crippen LogP contribution in [0.2, 0.25) is 10.0 Å². The second kappa shape index (κ2) is 12.7. The number of halogens is 2. The summed E-state index contributed by atoms with van der Waals surface area (Å²) in [6.45, 7) is 5.10. The average molecular weight is 577 g/mol. The van der Waals surface area contributed by atoms with Crippen LogP contribution in [0.4, 0.5) is 5.69 Å². The van der Waals surface area contributed by atoms with Gasteiger partial charge in [0.2, 0.25) is 11.8 Å². The number of rotatable bonds is 10. The molecular formula is C28H31Cl2N3O4S. The Morgan fingerprint density at radius 3 is 2.24 bits per heavy atom. The fourth-order valence-corrected chi connectivity index (χ4v) is 5.95. The Hall–Kier alpha value is -3.07. The lowest BCUT2D eigenvalue weighted by atomic mass is 10.1. The molecule has 3 aromatic rings. The van der Waals surface area contributed by atoms with Crippen LogP contribution in [0.1, 0.15) is 30.0 Å². The van der Waals surface area contributed by atoms with Gasteiger partial charge in [-0.15, -0.1) is 0 Å². The van der Waals surface area contributed by atoms with Crippen LogP contribution in [-0.4, -0.2) is 44.8 Å². The van der Waals surface area contributed by atoms with Crippen molar-refractivity contribution in [3.8, 4) is 0 Å². The number of nitrogens with zero attached hydrogens (tertiary/aromatic N) is 2. The molecule has 0 aliphatic rings. The number of nitrogens with one attached hydrogen (secondary N) is 1. The fraction of sp³-hybridized carbons (Fsp3) is 0.286. The molecule has 0 saturated heterocycles. The molecule has 0 bridgehead atoms. The van der Waals surface area contributed by atoms with E-state index in [1.54, 1.807) is 19.1 Å². The van der Waals surface area contributed by atoms with Gasteiger partial charge in [0.25, 0.3) is 10.0 Å². The van der Waals surface area contributed by atoms with Crippen LogP contribution in [0.15, 0.2) is 71.6 Å². The molecule has 0 heterocycles. The van der Waals surface area contributed by atoms with Gasteiger partial charge >= 0.3 is 0 Å². The van der Waals surface area contributed by atoms with E-state index in [1.165, 1.54) is 42.3 Å². The number of hydrogen-bond donors (Lipinski definition) is 1. The zero-order valence-electron chi connectivity index (χ0n) is 21.7. The van der Waals surface area contributed by atoms with Crippen molar-refractivity contribution in [3.05, 3.63) is 93.5 Å². The van der Waals surface area contributed by atoms with Crippen molar-refractivity contribution in [2.75, 3.05) is 17.9 Å². The summed E-state index contributed by atoms with van der Waals surface area (Å²) in [6.07, 6.45) is 0.333. The van der Waals surface area contributed by atoms with Gasteiger partial charge in [-0.2, -0.15) is 0 Å². The van der Waals surface area contributed by atoms with E-state index >= 15 is 0 Å². The molecule has 0 aliphatic heterocycles. The number of anilines is 1. The molecule has 2 amide bonds. The van der Waals surface area contributed by atoms with Crippen LogP contribution in [0.25, 0.3) is 0 Å². The lowest BCUT2D eigenvalue weighted by Gasteiger charge is -2.33. The monoisotopic (exact) mass is 575 g/mol. The zero-order chi connectivity index (χ0) is 28.0. The summed E-state index contributed by atoms with van der Waals surface area (Å²) in [7, 11) is -2.73. The quantitative estimate of drug-likeness (QED) is 0.352. The standard InChI is InChI=1S/C28H31Cl2N3O4S/c1-5-25(28(35)31-4)32(17-21-9-7-6-8-20(21)3)27(34)18-33(26-16-22(29)12-15-24(26)30)38(36,37)23-13-10-19(2)11-14-23/h6-16,25H,5,17-18H2,1-4H3,(H,31,35)/t25-/m1/s1. The Morgan fingerprint density at radius 1 is 0.974 bits per heavy atom. The van der Waals surface area contributed by atoms with Gasteiger partial charge in [0.05, 0.1) is 15.6 Å². The van der Waals surface area contributed by atoms with Crippen LogP contribution < -0.4 is 9.62 Å². The first-order chi connectivity index (χ1) is 18.0. The lowest BCUT2D eigenvalue weighted by Crippen LogP contribution is -2.51. The summed E-state index contributed by atoms with van der Waals surface area (Å²) in [5, 5.41) is 2.98. The van der Waals surface area contributed by atoms with Crippen LogP contribution in [0, 0.1) is 13.8 Å². The highest BCUT2D eigenvalue weighted by atomic mass is 35.5. The second-order valence-corrected chi connectivity index (χ2v) is 11.6. The average Bonchev–Trinajstić information content (AvgIpc) is 2.89. The Morgan fingerprint density at radius 2 is 1.63 bits per heavy atom. The predicted molar refractivity (Wildman–Crippen MR) is 152 cm³/mol. The molecule has 3 aromatic carbocycles. The first kappa shape index (κ1) is 29.5. The molecule has 10 heteroatoms. The molecule has 0 aromatic heterocycles. The van der Waals surface area contributed by atoms with Crippen molar-refractivity contribution >= 4 is 50.7 Å². The van der Waals surface area contributed by atoms with Gasteiger partial charge in [0.1, 0.15) is 12.6 Å². The van der Waals surface area contributed by atoms with E-state index < -0.39 is 28.5 Å². The minimum absolute atomic E-state index is 0.00395. The molecule has 0 fully saturated rings. The van der Waals surface area contributed by atoms with Gasteiger partial charge < -0.3 is 10.2 Å². The van der Waals surface area contributed by atoms with E-state index in [2.05, 4.69) is 5.32 Å². The van der Waals surface area contributed by atoms with E-state index in [0.717, 1.165) is 21.0 Å². The van der Waals surface area contributed by atoms with Crippen LogP contribution in [0.3, 0.4) is 0 Å². The number of benzene rings is 3. The number of sulfonamides is 1. The molecule has 0 radical (unpaired) electrons. The third kappa shape index (κ3) is 6.67. The fourth-order valence-electron chi connectivity index (χ4n) is 4.08. The molecule has 1 atom stereocenters. The third-order valence-corrected chi connectivity index (χ3v) is 8.63. The molecule has 0 saturated carbocycles. The summed E-state index contributed by atoms with van der Waals surface area (Å²) < 4.78 is 28.7. The Kier molecular flexibility index (Phi) is 9.82. The number of amides is 2. The Labute approximate surface area is 234 Å². The molecule has 202 valence electrons. The Balaban J connectivity index is 2.12. The maximum atomic E-state index is 14.0. The molecular weight excluding hydrogens is 545 g/mol. The highest BCUT2D eigenvalue weighted by Gasteiger charge is 2.34. The zero-order valence-corrected chi connectivity index (χ0v) is 24.1. The minimum Gasteiger partial charge on any atom is -0.357 e. The lowest BCUT2D eigenvalue weighted by molar-refractivity contribution is -0.140. The number of carbonyl (C=O) groups is 2. The maximum Gasteiger partial charge on any atom is 0.264 e. The Bertz CT molecular complexity index is 1410. The van der Waals surface area contributed by atoms with Crippen molar-refractivity contribution < 1.29 is 18.0 Å². The highest BCUT2D eigenvalue weighted by Crippen LogP contribution is 2.33. The van der Waals surface area contributed by atoms with E-state index in [1.807, 2.05) is 38.1 Å². The molecule has 0 aliphatic carbocycles. The van der Waals surface area contributed by atoms with Crippen molar-refractivity contribution in [2.24, 2.45) is 0 Å². The largest absolute Gasteiger partial charge is 0.357 e. The molecule has 3 rings (SSSR count). The van der Waals surface area contributed by atoms with Crippen molar-refractivity contribution in [2.45, 2.75) is 44.7 Å². The predicted octanol–water partition coefficient (Wildman–Crippen LogP) is 5.36.